The van der Waals surface area contributed by atoms with Gasteiger partial charge in [-0.05, 0) is 30.3 Å². The molecular formula is C17H8Cl4N2O3. The van der Waals surface area contributed by atoms with Crippen molar-refractivity contribution in [2.24, 2.45) is 11.1 Å². The van der Waals surface area contributed by atoms with Crippen LogP contribution in [0.15, 0.2) is 41.6 Å². The molecule has 0 aliphatic carbocycles. The van der Waals surface area contributed by atoms with Gasteiger partial charge in [-0.25, -0.2) is 4.90 Å². The van der Waals surface area contributed by atoms with E-state index < -0.39 is 23.8 Å². The molecule has 2 aliphatic heterocycles. The summed E-state index contributed by atoms with van der Waals surface area (Å²) >= 11 is 24.2. The van der Waals surface area contributed by atoms with Crippen molar-refractivity contribution in [3.05, 3.63) is 62.1 Å². The van der Waals surface area contributed by atoms with Crippen LogP contribution in [0, 0.1) is 5.92 Å². The lowest BCUT2D eigenvalue weighted by Crippen LogP contribution is -2.33. The van der Waals surface area contributed by atoms with Crippen molar-refractivity contribution in [2.75, 3.05) is 4.90 Å². The van der Waals surface area contributed by atoms with Gasteiger partial charge >= 0.3 is 0 Å². The van der Waals surface area contributed by atoms with Gasteiger partial charge in [-0.3, -0.25) is 9.59 Å². The second-order valence-corrected chi connectivity index (χ2v) is 7.40. The van der Waals surface area contributed by atoms with E-state index in [2.05, 4.69) is 5.16 Å². The van der Waals surface area contributed by atoms with Gasteiger partial charge in [0.1, 0.15) is 11.6 Å². The Labute approximate surface area is 168 Å². The predicted octanol–water partition coefficient (Wildman–Crippen LogP) is 4.59. The van der Waals surface area contributed by atoms with Crippen molar-refractivity contribution >= 4 is 69.6 Å². The van der Waals surface area contributed by atoms with Crippen LogP contribution in [0.4, 0.5) is 5.69 Å². The average Bonchev–Trinajstić information content (AvgIpc) is 3.10. The van der Waals surface area contributed by atoms with Crippen LogP contribution in [0.2, 0.25) is 20.1 Å². The second-order valence-electron chi connectivity index (χ2n) is 5.71. The molecule has 2 atom stereocenters. The highest BCUT2D eigenvalue weighted by Gasteiger charge is 2.56. The second kappa shape index (κ2) is 6.43. The molecule has 4 rings (SSSR count). The molecule has 2 amide bonds. The summed E-state index contributed by atoms with van der Waals surface area (Å²) in [6.07, 6.45) is -1.06. The topological polar surface area (TPSA) is 59.0 Å². The molecule has 1 fully saturated rings. The van der Waals surface area contributed by atoms with E-state index in [9.17, 15) is 9.59 Å². The maximum atomic E-state index is 13.0. The summed E-state index contributed by atoms with van der Waals surface area (Å²) in [5.74, 6) is -1.95. The molecule has 5 nitrogen and oxygen atoms in total. The molecule has 9 heteroatoms. The van der Waals surface area contributed by atoms with Crippen LogP contribution in [-0.4, -0.2) is 23.6 Å². The monoisotopic (exact) mass is 428 g/mol. The quantitative estimate of drug-likeness (QED) is 0.655. The van der Waals surface area contributed by atoms with E-state index >= 15 is 0 Å². The number of benzene rings is 2. The van der Waals surface area contributed by atoms with E-state index in [0.29, 0.717) is 20.6 Å². The first-order chi connectivity index (χ1) is 12.4. The van der Waals surface area contributed by atoms with E-state index in [-0.39, 0.29) is 16.4 Å². The average molecular weight is 430 g/mol. The van der Waals surface area contributed by atoms with Crippen LogP contribution in [0.25, 0.3) is 0 Å². The number of oxime groups is 1. The molecule has 2 heterocycles. The van der Waals surface area contributed by atoms with Crippen LogP contribution in [-0.2, 0) is 14.4 Å². The SMILES string of the molecule is O=C1[C@@H]2C(c3ccc(Cl)cc3Cl)=NO[C@H]2C(=O)N1c1ccc(Cl)cc1Cl. The normalized spacial score (nSPS) is 21.7. The number of anilines is 1. The van der Waals surface area contributed by atoms with Gasteiger partial charge < -0.3 is 4.84 Å². The number of hydrogen-bond donors (Lipinski definition) is 0. The molecule has 0 N–H and O–H groups in total. The third-order valence-electron chi connectivity index (χ3n) is 4.17. The Balaban J connectivity index is 1.74. The molecule has 2 aliphatic rings. The summed E-state index contributed by atoms with van der Waals surface area (Å²) < 4.78 is 0. The number of fused-ring (bicyclic) bond motifs is 1. The lowest BCUT2D eigenvalue weighted by atomic mass is 9.94. The minimum Gasteiger partial charge on any atom is -0.381 e. The van der Waals surface area contributed by atoms with Crippen LogP contribution < -0.4 is 4.90 Å². The predicted molar refractivity (Wildman–Crippen MR) is 100 cm³/mol. The fraction of sp³-hybridized carbons (Fsp3) is 0.118. The first kappa shape index (κ1) is 17.6. The summed E-state index contributed by atoms with van der Waals surface area (Å²) in [5, 5.41) is 5.24. The summed E-state index contributed by atoms with van der Waals surface area (Å²) in [7, 11) is 0. The summed E-state index contributed by atoms with van der Waals surface area (Å²) in [4.78, 5) is 31.9. The Morgan fingerprint density at radius 3 is 2.19 bits per heavy atom. The smallest absolute Gasteiger partial charge is 0.279 e. The minimum atomic E-state index is -1.06. The largest absolute Gasteiger partial charge is 0.381 e. The number of hydrogen-bond acceptors (Lipinski definition) is 4. The van der Waals surface area contributed by atoms with Crippen molar-refractivity contribution in [1.29, 1.82) is 0 Å². The minimum absolute atomic E-state index is 0.183. The molecule has 132 valence electrons. The summed E-state index contributed by atoms with van der Waals surface area (Å²) in [6, 6.07) is 9.29. The van der Waals surface area contributed by atoms with E-state index in [0.717, 1.165) is 4.90 Å². The highest BCUT2D eigenvalue weighted by atomic mass is 35.5. The first-order valence-electron chi connectivity index (χ1n) is 7.40. The highest BCUT2D eigenvalue weighted by molar-refractivity contribution is 6.41. The van der Waals surface area contributed by atoms with E-state index in [1.54, 1.807) is 18.2 Å². The van der Waals surface area contributed by atoms with Crippen molar-refractivity contribution in [3.63, 3.8) is 0 Å². The lowest BCUT2D eigenvalue weighted by molar-refractivity contribution is -0.126. The van der Waals surface area contributed by atoms with Crippen molar-refractivity contribution in [2.45, 2.75) is 6.10 Å². The Kier molecular flexibility index (Phi) is 4.35. The van der Waals surface area contributed by atoms with Crippen LogP contribution in [0.5, 0.6) is 0 Å². The Bertz CT molecular complexity index is 992. The first-order valence-corrected chi connectivity index (χ1v) is 8.91. The number of halogens is 4. The zero-order valence-corrected chi connectivity index (χ0v) is 15.8. The zero-order chi connectivity index (χ0) is 18.6. The van der Waals surface area contributed by atoms with Crippen LogP contribution in [0.1, 0.15) is 5.56 Å². The van der Waals surface area contributed by atoms with E-state index in [1.165, 1.54) is 18.2 Å². The van der Waals surface area contributed by atoms with Gasteiger partial charge in [0.15, 0.2) is 0 Å². The third kappa shape index (κ3) is 2.67. The molecule has 26 heavy (non-hydrogen) atoms. The fourth-order valence-electron chi connectivity index (χ4n) is 3.00. The molecule has 2 aromatic rings. The standard InChI is InChI=1S/C17H8Cl4N2O3/c18-7-1-3-9(10(20)5-7)14-13-15(26-22-14)17(25)23(16(13)24)12-4-2-8(19)6-11(12)21/h1-6,13,15H/t13-,15-/m1/s1. The number of carbonyl (C=O) groups is 2. The summed E-state index contributed by atoms with van der Waals surface area (Å²) in [6.45, 7) is 0. The summed E-state index contributed by atoms with van der Waals surface area (Å²) in [5.41, 5.74) is 1.00. The van der Waals surface area contributed by atoms with Crippen molar-refractivity contribution in [3.8, 4) is 0 Å². The Hall–Kier alpha value is -1.79. The number of rotatable bonds is 2. The van der Waals surface area contributed by atoms with E-state index in [4.69, 9.17) is 51.2 Å². The van der Waals surface area contributed by atoms with Gasteiger partial charge in [0.2, 0.25) is 12.0 Å². The number of imide groups is 1. The molecular weight excluding hydrogens is 422 g/mol. The zero-order valence-electron chi connectivity index (χ0n) is 12.7. The van der Waals surface area contributed by atoms with Crippen molar-refractivity contribution < 1.29 is 14.4 Å². The van der Waals surface area contributed by atoms with E-state index in [1.807, 2.05) is 0 Å². The number of amides is 2. The molecule has 0 aromatic heterocycles. The van der Waals surface area contributed by atoms with Crippen LogP contribution in [0.3, 0.4) is 0 Å². The van der Waals surface area contributed by atoms with Gasteiger partial charge in [0, 0.05) is 15.6 Å². The maximum Gasteiger partial charge on any atom is 0.279 e. The molecule has 0 unspecified atom stereocenters. The molecule has 0 spiro atoms. The lowest BCUT2D eigenvalue weighted by Gasteiger charge is -2.17. The van der Waals surface area contributed by atoms with Gasteiger partial charge in [0.05, 0.1) is 15.7 Å². The molecule has 0 bridgehead atoms. The molecule has 2 aromatic carbocycles. The van der Waals surface area contributed by atoms with Gasteiger partial charge in [-0.2, -0.15) is 0 Å². The maximum absolute atomic E-state index is 13.0. The number of nitrogens with zero attached hydrogens (tertiary/aromatic N) is 2. The Morgan fingerprint density at radius 1 is 0.885 bits per heavy atom. The van der Waals surface area contributed by atoms with Gasteiger partial charge in [-0.1, -0.05) is 57.6 Å². The highest BCUT2D eigenvalue weighted by Crippen LogP contribution is 2.39. The third-order valence-corrected chi connectivity index (χ3v) is 5.26. The Morgan fingerprint density at radius 2 is 1.54 bits per heavy atom. The fourth-order valence-corrected chi connectivity index (χ4v) is 4.00. The van der Waals surface area contributed by atoms with Crippen LogP contribution >= 0.6 is 46.4 Å². The molecule has 1 saturated heterocycles. The van der Waals surface area contributed by atoms with Crippen molar-refractivity contribution in [1.82, 2.24) is 0 Å². The molecule has 0 radical (unpaired) electrons. The number of carbonyl (C=O) groups excluding carboxylic acids is 2. The van der Waals surface area contributed by atoms with Gasteiger partial charge in [0.25, 0.3) is 5.91 Å². The van der Waals surface area contributed by atoms with Gasteiger partial charge in [-0.15, -0.1) is 0 Å². The molecule has 0 saturated carbocycles.